The maximum Gasteiger partial charge on any atom is 0.191 e. The van der Waals surface area contributed by atoms with E-state index in [4.69, 9.17) is 4.99 Å². The first kappa shape index (κ1) is 22.7. The first-order chi connectivity index (χ1) is 13.2. The van der Waals surface area contributed by atoms with Gasteiger partial charge in [0.2, 0.25) is 0 Å². The second kappa shape index (κ2) is 11.4. The second-order valence-corrected chi connectivity index (χ2v) is 7.96. The van der Waals surface area contributed by atoms with Crippen LogP contribution in [0.3, 0.4) is 0 Å². The Bertz CT molecular complexity index is 787. The van der Waals surface area contributed by atoms with Gasteiger partial charge in [-0.1, -0.05) is 24.3 Å². The first-order valence-corrected chi connectivity index (χ1v) is 10.4. The molecule has 7 heteroatoms. The Morgan fingerprint density at radius 1 is 1.21 bits per heavy atom. The summed E-state index contributed by atoms with van der Waals surface area (Å²) < 4.78 is 0. The normalized spacial score (nSPS) is 13.5. The molecular formula is C21H30IN5S. The number of guanidine groups is 1. The predicted molar refractivity (Wildman–Crippen MR) is 131 cm³/mol. The van der Waals surface area contributed by atoms with Crippen LogP contribution in [0.5, 0.6) is 0 Å². The maximum absolute atomic E-state index is 4.75. The van der Waals surface area contributed by atoms with E-state index in [1.54, 1.807) is 11.3 Å². The minimum Gasteiger partial charge on any atom is -0.364 e. The van der Waals surface area contributed by atoms with Crippen molar-refractivity contribution in [2.75, 3.05) is 31.1 Å². The Labute approximate surface area is 189 Å². The van der Waals surface area contributed by atoms with Crippen LogP contribution in [0.1, 0.15) is 28.1 Å². The molecule has 1 aliphatic rings. The van der Waals surface area contributed by atoms with Crippen molar-refractivity contribution < 1.29 is 0 Å². The predicted octanol–water partition coefficient (Wildman–Crippen LogP) is 4.05. The first-order valence-electron chi connectivity index (χ1n) is 9.59. The summed E-state index contributed by atoms with van der Waals surface area (Å²) >= 11 is 1.78. The number of anilines is 1. The van der Waals surface area contributed by atoms with Gasteiger partial charge in [-0.2, -0.15) is 0 Å². The van der Waals surface area contributed by atoms with Gasteiger partial charge in [-0.05, 0) is 38.5 Å². The quantitative estimate of drug-likeness (QED) is 0.255. The average Bonchev–Trinajstić information content (AvgIpc) is 3.30. The molecule has 0 atom stereocenters. The Hall–Kier alpha value is -1.61. The molecule has 152 valence electrons. The molecule has 0 saturated heterocycles. The van der Waals surface area contributed by atoms with Crippen LogP contribution >= 0.6 is 35.3 Å². The van der Waals surface area contributed by atoms with Crippen molar-refractivity contribution in [3.05, 3.63) is 57.6 Å². The van der Waals surface area contributed by atoms with Gasteiger partial charge in [-0.3, -0.25) is 0 Å². The molecule has 0 fully saturated rings. The largest absolute Gasteiger partial charge is 0.364 e. The minimum atomic E-state index is 0. The molecule has 0 aliphatic carbocycles. The van der Waals surface area contributed by atoms with E-state index in [-0.39, 0.29) is 24.0 Å². The number of benzene rings is 1. The third-order valence-electron chi connectivity index (χ3n) is 4.56. The number of aromatic nitrogens is 1. The summed E-state index contributed by atoms with van der Waals surface area (Å²) in [5, 5.41) is 7.93. The number of aliphatic imine (C=N–C) groups is 1. The molecule has 0 radical (unpaired) electrons. The van der Waals surface area contributed by atoms with Gasteiger partial charge in [-0.25, -0.2) is 9.98 Å². The van der Waals surface area contributed by atoms with E-state index in [9.17, 15) is 0 Å². The molecule has 0 amide bonds. The van der Waals surface area contributed by atoms with E-state index in [0.29, 0.717) is 6.54 Å². The van der Waals surface area contributed by atoms with Crippen LogP contribution < -0.4 is 15.5 Å². The summed E-state index contributed by atoms with van der Waals surface area (Å²) in [6, 6.07) is 8.66. The Balaban J connectivity index is 0.00000280. The standard InChI is InChI=1S/C21H29N5S.HI/c1-4-22-21(23-11-10-20-25-16(2)17(3)27-20)24-15-18-8-7-9-19(14-18)26-12-5-6-13-26;/h5-9,14H,4,10-13,15H2,1-3H3,(H2,22,23,24);1H. The molecular weight excluding hydrogens is 481 g/mol. The van der Waals surface area contributed by atoms with Crippen molar-refractivity contribution in [3.8, 4) is 0 Å². The lowest BCUT2D eigenvalue weighted by Crippen LogP contribution is -2.38. The van der Waals surface area contributed by atoms with Crippen LogP contribution in [-0.2, 0) is 13.0 Å². The lowest BCUT2D eigenvalue weighted by atomic mass is 10.2. The van der Waals surface area contributed by atoms with Crippen molar-refractivity contribution in [1.82, 2.24) is 15.6 Å². The maximum atomic E-state index is 4.75. The Morgan fingerprint density at radius 3 is 2.68 bits per heavy atom. The summed E-state index contributed by atoms with van der Waals surface area (Å²) in [4.78, 5) is 13.0. The number of hydrogen-bond donors (Lipinski definition) is 2. The molecule has 0 bridgehead atoms. The van der Waals surface area contributed by atoms with Crippen LogP contribution in [0.15, 0.2) is 41.4 Å². The third kappa shape index (κ3) is 6.48. The van der Waals surface area contributed by atoms with E-state index in [1.807, 2.05) is 0 Å². The number of rotatable bonds is 7. The number of halogens is 1. The van der Waals surface area contributed by atoms with Gasteiger partial charge in [0, 0.05) is 43.2 Å². The molecule has 2 aromatic rings. The highest BCUT2D eigenvalue weighted by Crippen LogP contribution is 2.19. The number of aryl methyl sites for hydroxylation is 2. The highest BCUT2D eigenvalue weighted by Gasteiger charge is 2.08. The van der Waals surface area contributed by atoms with Crippen LogP contribution in [0.4, 0.5) is 5.69 Å². The lowest BCUT2D eigenvalue weighted by molar-refractivity contribution is 0.795. The summed E-state index contributed by atoms with van der Waals surface area (Å²) in [5.41, 5.74) is 3.63. The van der Waals surface area contributed by atoms with Gasteiger partial charge in [0.15, 0.2) is 5.96 Å². The van der Waals surface area contributed by atoms with Crippen LogP contribution in [0.25, 0.3) is 0 Å². The third-order valence-corrected chi connectivity index (χ3v) is 5.69. The van der Waals surface area contributed by atoms with Gasteiger partial charge < -0.3 is 15.5 Å². The molecule has 0 spiro atoms. The van der Waals surface area contributed by atoms with Crippen molar-refractivity contribution in [2.24, 2.45) is 4.99 Å². The number of nitrogens with zero attached hydrogens (tertiary/aromatic N) is 3. The Kier molecular flexibility index (Phi) is 9.24. The molecule has 0 unspecified atom stereocenters. The fourth-order valence-corrected chi connectivity index (χ4v) is 3.92. The molecule has 1 aromatic carbocycles. The van der Waals surface area contributed by atoms with Crippen molar-refractivity contribution in [1.29, 1.82) is 0 Å². The van der Waals surface area contributed by atoms with E-state index in [1.165, 1.54) is 21.1 Å². The summed E-state index contributed by atoms with van der Waals surface area (Å²) in [7, 11) is 0. The molecule has 3 rings (SSSR count). The van der Waals surface area contributed by atoms with E-state index < -0.39 is 0 Å². The van der Waals surface area contributed by atoms with E-state index in [2.05, 4.69) is 77.7 Å². The van der Waals surface area contributed by atoms with Crippen LogP contribution in [0, 0.1) is 13.8 Å². The fourth-order valence-electron chi connectivity index (χ4n) is 2.99. The Morgan fingerprint density at radius 2 is 2.00 bits per heavy atom. The van der Waals surface area contributed by atoms with Crippen LogP contribution in [0.2, 0.25) is 0 Å². The summed E-state index contributed by atoms with van der Waals surface area (Å²) in [6.45, 7) is 10.6. The SMILES string of the molecule is CCNC(=NCc1cccc(N2CC=CC2)c1)NCCc1nc(C)c(C)s1.I. The fraction of sp³-hybridized carbons (Fsp3) is 0.429. The number of thiazole rings is 1. The van der Waals surface area contributed by atoms with Gasteiger partial charge in [-0.15, -0.1) is 35.3 Å². The van der Waals surface area contributed by atoms with E-state index >= 15 is 0 Å². The zero-order valence-corrected chi connectivity index (χ0v) is 20.0. The van der Waals surface area contributed by atoms with Gasteiger partial charge >= 0.3 is 0 Å². The number of nitrogens with one attached hydrogen (secondary N) is 2. The molecule has 5 nitrogen and oxygen atoms in total. The van der Waals surface area contributed by atoms with Gasteiger partial charge in [0.1, 0.15) is 0 Å². The highest BCUT2D eigenvalue weighted by molar-refractivity contribution is 14.0. The van der Waals surface area contributed by atoms with E-state index in [0.717, 1.165) is 44.3 Å². The van der Waals surface area contributed by atoms with Crippen LogP contribution in [-0.4, -0.2) is 37.1 Å². The molecule has 1 aromatic heterocycles. The van der Waals surface area contributed by atoms with Gasteiger partial charge in [0.25, 0.3) is 0 Å². The molecule has 28 heavy (non-hydrogen) atoms. The van der Waals surface area contributed by atoms with Gasteiger partial charge in [0.05, 0.1) is 17.2 Å². The molecule has 2 N–H and O–H groups in total. The zero-order valence-electron chi connectivity index (χ0n) is 16.9. The monoisotopic (exact) mass is 511 g/mol. The topological polar surface area (TPSA) is 52.6 Å². The lowest BCUT2D eigenvalue weighted by Gasteiger charge is -2.18. The highest BCUT2D eigenvalue weighted by atomic mass is 127. The second-order valence-electron chi connectivity index (χ2n) is 6.67. The summed E-state index contributed by atoms with van der Waals surface area (Å²) in [6.07, 6.45) is 5.34. The average molecular weight is 511 g/mol. The van der Waals surface area contributed by atoms with Crippen molar-refractivity contribution in [3.63, 3.8) is 0 Å². The summed E-state index contributed by atoms with van der Waals surface area (Å²) in [5.74, 6) is 0.857. The zero-order chi connectivity index (χ0) is 19.1. The smallest absolute Gasteiger partial charge is 0.191 e. The minimum absolute atomic E-state index is 0. The number of hydrogen-bond acceptors (Lipinski definition) is 4. The molecule has 1 aliphatic heterocycles. The molecule has 2 heterocycles. The van der Waals surface area contributed by atoms with Crippen molar-refractivity contribution in [2.45, 2.75) is 33.7 Å². The molecule has 0 saturated carbocycles. The van der Waals surface area contributed by atoms with Crippen molar-refractivity contribution >= 4 is 47.0 Å².